The first-order valence-electron chi connectivity index (χ1n) is 4.85. The molecule has 13 heavy (non-hydrogen) atoms. The Kier molecular flexibility index (Phi) is 4.78. The Balaban J connectivity index is 2.20. The minimum atomic E-state index is 0.0364. The molecule has 0 aromatic carbocycles. The Morgan fingerprint density at radius 2 is 2.54 bits per heavy atom. The molecule has 0 aromatic rings. The Morgan fingerprint density at radius 1 is 1.69 bits per heavy atom. The van der Waals surface area contributed by atoms with Gasteiger partial charge in [-0.15, -0.1) is 0 Å². The Morgan fingerprint density at radius 3 is 3.08 bits per heavy atom. The van der Waals surface area contributed by atoms with Gasteiger partial charge in [0, 0.05) is 13.2 Å². The summed E-state index contributed by atoms with van der Waals surface area (Å²) >= 11 is 0. The van der Waals surface area contributed by atoms with Crippen LogP contribution in [0.25, 0.3) is 0 Å². The van der Waals surface area contributed by atoms with Crippen molar-refractivity contribution in [1.29, 1.82) is 0 Å². The van der Waals surface area contributed by atoms with E-state index >= 15 is 0 Å². The molecule has 0 aliphatic carbocycles. The van der Waals surface area contributed by atoms with Crippen molar-refractivity contribution in [2.45, 2.75) is 25.5 Å². The van der Waals surface area contributed by atoms with Gasteiger partial charge >= 0.3 is 0 Å². The molecule has 0 saturated carbocycles. The third kappa shape index (κ3) is 3.32. The van der Waals surface area contributed by atoms with Crippen LogP contribution in [0.15, 0.2) is 0 Å². The molecule has 0 spiro atoms. The van der Waals surface area contributed by atoms with Gasteiger partial charge < -0.3 is 15.0 Å². The zero-order chi connectivity index (χ0) is 9.52. The van der Waals surface area contributed by atoms with Crippen molar-refractivity contribution in [2.75, 3.05) is 26.7 Å². The predicted octanol–water partition coefficient (Wildman–Crippen LogP) is 0.191. The topological polar surface area (TPSA) is 41.6 Å². The van der Waals surface area contributed by atoms with Gasteiger partial charge in [-0.3, -0.25) is 4.79 Å². The number of ether oxygens (including phenoxy) is 1. The van der Waals surface area contributed by atoms with Crippen LogP contribution in [0.3, 0.4) is 0 Å². The molecule has 1 heterocycles. The first-order chi connectivity index (χ1) is 6.38. The van der Waals surface area contributed by atoms with Crippen LogP contribution < -0.4 is 5.32 Å². The molecule has 76 valence electrons. The number of hydrogen-bond donors (Lipinski definition) is 1. The molecule has 1 fully saturated rings. The van der Waals surface area contributed by atoms with E-state index in [9.17, 15) is 4.79 Å². The quantitative estimate of drug-likeness (QED) is 0.475. The van der Waals surface area contributed by atoms with E-state index < -0.39 is 0 Å². The maximum Gasteiger partial charge on any atom is 0.211 e. The number of carbonyl (C=O) groups is 1. The summed E-state index contributed by atoms with van der Waals surface area (Å²) < 4.78 is 5.41. The average molecular weight is 186 g/mol. The van der Waals surface area contributed by atoms with Gasteiger partial charge in [0.2, 0.25) is 6.41 Å². The standard InChI is InChI=1S/C9H18N2O2/c1-10-5-3-6-11(8-12)9-4-2-7-13-9/h8-10H,2-7H2,1H3. The van der Waals surface area contributed by atoms with Gasteiger partial charge in [0.1, 0.15) is 6.23 Å². The first-order valence-corrected chi connectivity index (χ1v) is 4.85. The summed E-state index contributed by atoms with van der Waals surface area (Å²) in [6.07, 6.45) is 3.97. The molecule has 1 N–H and O–H groups in total. The largest absolute Gasteiger partial charge is 0.358 e. The summed E-state index contributed by atoms with van der Waals surface area (Å²) in [6.45, 7) is 2.52. The molecule has 1 rings (SSSR count). The van der Waals surface area contributed by atoms with Crippen LogP contribution in [0.1, 0.15) is 19.3 Å². The van der Waals surface area contributed by atoms with Gasteiger partial charge in [0.15, 0.2) is 0 Å². The van der Waals surface area contributed by atoms with Crippen LogP contribution in [-0.4, -0.2) is 44.3 Å². The molecule has 0 aromatic heterocycles. The van der Waals surface area contributed by atoms with Crippen molar-refractivity contribution in [3.8, 4) is 0 Å². The molecular weight excluding hydrogens is 168 g/mol. The molecule has 4 nitrogen and oxygen atoms in total. The van der Waals surface area contributed by atoms with Crippen molar-refractivity contribution in [3.05, 3.63) is 0 Å². The minimum absolute atomic E-state index is 0.0364. The number of carbonyl (C=O) groups excluding carboxylic acids is 1. The average Bonchev–Trinajstić information content (AvgIpc) is 2.65. The SMILES string of the molecule is CNCCCN(C=O)C1CCCO1. The van der Waals surface area contributed by atoms with Gasteiger partial charge in [0.05, 0.1) is 0 Å². The van der Waals surface area contributed by atoms with E-state index in [4.69, 9.17) is 4.74 Å². The van der Waals surface area contributed by atoms with Gasteiger partial charge in [-0.05, 0) is 32.9 Å². The highest BCUT2D eigenvalue weighted by atomic mass is 16.5. The van der Waals surface area contributed by atoms with E-state index in [0.717, 1.165) is 45.4 Å². The third-order valence-corrected chi connectivity index (χ3v) is 2.25. The fraction of sp³-hybridized carbons (Fsp3) is 0.889. The number of nitrogens with zero attached hydrogens (tertiary/aromatic N) is 1. The lowest BCUT2D eigenvalue weighted by molar-refractivity contribution is -0.128. The number of nitrogens with one attached hydrogen (secondary N) is 1. The van der Waals surface area contributed by atoms with Crippen LogP contribution in [0.5, 0.6) is 0 Å². The van der Waals surface area contributed by atoms with Crippen molar-refractivity contribution < 1.29 is 9.53 Å². The van der Waals surface area contributed by atoms with Gasteiger partial charge in [0.25, 0.3) is 0 Å². The van der Waals surface area contributed by atoms with E-state index in [0.29, 0.717) is 0 Å². The van der Waals surface area contributed by atoms with Gasteiger partial charge in [-0.25, -0.2) is 0 Å². The summed E-state index contributed by atoms with van der Waals surface area (Å²) in [5.74, 6) is 0. The second-order valence-electron chi connectivity index (χ2n) is 3.27. The summed E-state index contributed by atoms with van der Waals surface area (Å²) in [4.78, 5) is 12.5. The normalized spacial score (nSPS) is 21.8. The summed E-state index contributed by atoms with van der Waals surface area (Å²) in [5.41, 5.74) is 0. The minimum Gasteiger partial charge on any atom is -0.358 e. The van der Waals surface area contributed by atoms with Crippen molar-refractivity contribution >= 4 is 6.41 Å². The van der Waals surface area contributed by atoms with E-state index in [-0.39, 0.29) is 6.23 Å². The second-order valence-corrected chi connectivity index (χ2v) is 3.27. The predicted molar refractivity (Wildman–Crippen MR) is 50.3 cm³/mol. The molecule has 1 unspecified atom stereocenters. The fourth-order valence-corrected chi connectivity index (χ4v) is 1.53. The molecule has 1 amide bonds. The second kappa shape index (κ2) is 5.94. The third-order valence-electron chi connectivity index (χ3n) is 2.25. The molecule has 1 aliphatic rings. The van der Waals surface area contributed by atoms with Crippen LogP contribution >= 0.6 is 0 Å². The van der Waals surface area contributed by atoms with Crippen LogP contribution in [0, 0.1) is 0 Å². The lowest BCUT2D eigenvalue weighted by Gasteiger charge is -2.23. The first kappa shape index (κ1) is 10.5. The molecule has 0 radical (unpaired) electrons. The van der Waals surface area contributed by atoms with Gasteiger partial charge in [-0.2, -0.15) is 0 Å². The molecule has 1 atom stereocenters. The zero-order valence-corrected chi connectivity index (χ0v) is 8.16. The maximum absolute atomic E-state index is 10.7. The molecule has 0 bridgehead atoms. The Bertz CT molecular complexity index is 147. The lowest BCUT2D eigenvalue weighted by Crippen LogP contribution is -2.35. The number of hydrogen-bond acceptors (Lipinski definition) is 3. The Hall–Kier alpha value is -0.610. The number of amides is 1. The zero-order valence-electron chi connectivity index (χ0n) is 8.16. The van der Waals surface area contributed by atoms with E-state index in [1.165, 1.54) is 0 Å². The van der Waals surface area contributed by atoms with Crippen LogP contribution in [0.2, 0.25) is 0 Å². The van der Waals surface area contributed by atoms with Crippen LogP contribution in [-0.2, 0) is 9.53 Å². The highest BCUT2D eigenvalue weighted by Crippen LogP contribution is 2.14. The maximum atomic E-state index is 10.7. The van der Waals surface area contributed by atoms with Crippen molar-refractivity contribution in [2.24, 2.45) is 0 Å². The smallest absolute Gasteiger partial charge is 0.211 e. The van der Waals surface area contributed by atoms with E-state index in [2.05, 4.69) is 5.32 Å². The van der Waals surface area contributed by atoms with Crippen LogP contribution in [0.4, 0.5) is 0 Å². The monoisotopic (exact) mass is 186 g/mol. The Labute approximate surface area is 79.2 Å². The van der Waals surface area contributed by atoms with E-state index in [1.807, 2.05) is 7.05 Å². The summed E-state index contributed by atoms with van der Waals surface area (Å²) in [6, 6.07) is 0. The fourth-order valence-electron chi connectivity index (χ4n) is 1.53. The molecule has 1 aliphatic heterocycles. The van der Waals surface area contributed by atoms with Crippen molar-refractivity contribution in [3.63, 3.8) is 0 Å². The summed E-state index contributed by atoms with van der Waals surface area (Å²) in [7, 11) is 1.91. The van der Waals surface area contributed by atoms with Crippen molar-refractivity contribution in [1.82, 2.24) is 10.2 Å². The highest BCUT2D eigenvalue weighted by molar-refractivity contribution is 5.47. The highest BCUT2D eigenvalue weighted by Gasteiger charge is 2.21. The lowest BCUT2D eigenvalue weighted by atomic mass is 10.3. The molecule has 4 heteroatoms. The molecule has 1 saturated heterocycles. The van der Waals surface area contributed by atoms with Gasteiger partial charge in [-0.1, -0.05) is 0 Å². The van der Waals surface area contributed by atoms with E-state index in [1.54, 1.807) is 4.90 Å². The molecular formula is C9H18N2O2. The summed E-state index contributed by atoms with van der Waals surface area (Å²) in [5, 5.41) is 3.05. The number of rotatable bonds is 6.